The van der Waals surface area contributed by atoms with E-state index in [0.29, 0.717) is 39.2 Å². The number of benzene rings is 2. The first-order chi connectivity index (χ1) is 17.2. The lowest BCUT2D eigenvalue weighted by Gasteiger charge is -2.25. The number of phenols is 1. The van der Waals surface area contributed by atoms with Crippen LogP contribution in [0.2, 0.25) is 0 Å². The quantitative estimate of drug-likeness (QED) is 0.307. The number of methoxy groups -OCH3 is 2. The van der Waals surface area contributed by atoms with Gasteiger partial charge in [0.1, 0.15) is 5.75 Å². The predicted octanol–water partition coefficient (Wildman–Crippen LogP) is 3.73. The van der Waals surface area contributed by atoms with Gasteiger partial charge >= 0.3 is 5.97 Å². The molecule has 8 nitrogen and oxygen atoms in total. The number of halogens is 2. The van der Waals surface area contributed by atoms with Crippen LogP contribution in [0.25, 0.3) is 6.08 Å². The van der Waals surface area contributed by atoms with Crippen molar-refractivity contribution in [3.8, 4) is 17.2 Å². The van der Waals surface area contributed by atoms with Gasteiger partial charge in [-0.2, -0.15) is 0 Å². The van der Waals surface area contributed by atoms with Crippen LogP contribution in [0.5, 0.6) is 17.2 Å². The van der Waals surface area contributed by atoms with Crippen molar-refractivity contribution in [1.82, 2.24) is 4.57 Å². The number of fused-ring (bicyclic) bond motifs is 1. The SMILES string of the molecule is CCOC(=O)C1=C(C)N=c2s/c(=C\c3cc(I)c(O)c(I)c3)c(=O)n2[C@H]1c1ccc(OC)c(OC)c1. The third kappa shape index (κ3) is 4.92. The van der Waals surface area contributed by atoms with Crippen LogP contribution in [-0.4, -0.2) is 36.5 Å². The molecule has 0 aliphatic carbocycles. The minimum atomic E-state index is -0.762. The largest absolute Gasteiger partial charge is 0.506 e. The third-order valence-electron chi connectivity index (χ3n) is 5.58. The molecule has 0 saturated heterocycles. The summed E-state index contributed by atoms with van der Waals surface area (Å²) in [5.74, 6) is 0.681. The van der Waals surface area contributed by atoms with Gasteiger partial charge < -0.3 is 19.3 Å². The number of phenolic OH excluding ortho intramolecular Hbond substituents is 1. The number of hydrogen-bond donors (Lipinski definition) is 1. The summed E-state index contributed by atoms with van der Waals surface area (Å²) >= 11 is 5.35. The van der Waals surface area contributed by atoms with Crippen LogP contribution in [-0.2, 0) is 9.53 Å². The fourth-order valence-corrected chi connectivity index (χ4v) is 6.81. The van der Waals surface area contributed by atoms with Gasteiger partial charge in [0.25, 0.3) is 5.56 Å². The van der Waals surface area contributed by atoms with E-state index in [0.717, 1.165) is 5.56 Å². The fourth-order valence-electron chi connectivity index (χ4n) is 3.95. The van der Waals surface area contributed by atoms with Crippen LogP contribution in [0.4, 0.5) is 0 Å². The first kappa shape index (κ1) is 26.7. The number of aromatic hydroxyl groups is 1. The van der Waals surface area contributed by atoms with Crippen molar-refractivity contribution in [3.05, 3.63) is 79.6 Å². The molecule has 0 radical (unpaired) electrons. The third-order valence-corrected chi connectivity index (χ3v) is 8.20. The fraction of sp³-hybridized carbons (Fsp3) is 0.240. The highest BCUT2D eigenvalue weighted by atomic mass is 127. The van der Waals surface area contributed by atoms with Crippen molar-refractivity contribution in [1.29, 1.82) is 0 Å². The van der Waals surface area contributed by atoms with Gasteiger partial charge in [0, 0.05) is 0 Å². The lowest BCUT2D eigenvalue weighted by Crippen LogP contribution is -2.40. The number of rotatable bonds is 6. The summed E-state index contributed by atoms with van der Waals surface area (Å²) in [4.78, 5) is 31.9. The number of carbonyl (C=O) groups is 1. The Bertz CT molecular complexity index is 1550. The van der Waals surface area contributed by atoms with Crippen LogP contribution in [0.15, 0.2) is 51.4 Å². The van der Waals surface area contributed by atoms with Gasteiger partial charge in [-0.15, -0.1) is 0 Å². The number of allylic oxidation sites excluding steroid dienone is 1. The molecule has 188 valence electrons. The molecule has 0 amide bonds. The molecule has 3 aromatic rings. The molecular formula is C25H22I2N2O6S. The highest BCUT2D eigenvalue weighted by Crippen LogP contribution is 2.36. The molecule has 0 saturated carbocycles. The van der Waals surface area contributed by atoms with E-state index in [4.69, 9.17) is 14.2 Å². The molecule has 1 N–H and O–H groups in total. The van der Waals surface area contributed by atoms with Crippen LogP contribution in [0.1, 0.15) is 31.0 Å². The number of carbonyl (C=O) groups excluding carboxylic acids is 1. The van der Waals surface area contributed by atoms with Crippen molar-refractivity contribution < 1.29 is 24.1 Å². The van der Waals surface area contributed by atoms with Crippen molar-refractivity contribution in [2.75, 3.05) is 20.8 Å². The Balaban J connectivity index is 1.98. The Morgan fingerprint density at radius 3 is 2.44 bits per heavy atom. The molecule has 4 rings (SSSR count). The van der Waals surface area contributed by atoms with Gasteiger partial charge in [-0.1, -0.05) is 17.4 Å². The molecule has 36 heavy (non-hydrogen) atoms. The number of hydrogen-bond acceptors (Lipinski definition) is 8. The highest BCUT2D eigenvalue weighted by molar-refractivity contribution is 14.1. The van der Waals surface area contributed by atoms with Crippen LogP contribution in [0, 0.1) is 7.14 Å². The molecule has 11 heteroatoms. The van der Waals surface area contributed by atoms with Gasteiger partial charge in [0.2, 0.25) is 0 Å². The minimum absolute atomic E-state index is 0.191. The maximum Gasteiger partial charge on any atom is 0.338 e. The Labute approximate surface area is 238 Å². The van der Waals surface area contributed by atoms with Crippen LogP contribution >= 0.6 is 56.5 Å². The Morgan fingerprint density at radius 1 is 1.17 bits per heavy atom. The van der Waals surface area contributed by atoms with E-state index < -0.39 is 12.0 Å². The molecular weight excluding hydrogens is 710 g/mol. The number of esters is 1. The molecule has 1 aliphatic rings. The second kappa shape index (κ2) is 10.9. The van der Waals surface area contributed by atoms with Crippen molar-refractivity contribution in [2.45, 2.75) is 19.9 Å². The zero-order valence-electron chi connectivity index (χ0n) is 19.8. The van der Waals surface area contributed by atoms with E-state index in [2.05, 4.69) is 50.2 Å². The average Bonchev–Trinajstić information content (AvgIpc) is 3.15. The van der Waals surface area contributed by atoms with Gasteiger partial charge in [-0.25, -0.2) is 9.79 Å². The average molecular weight is 732 g/mol. The first-order valence-electron chi connectivity index (χ1n) is 10.8. The van der Waals surface area contributed by atoms with E-state index in [1.807, 2.05) is 0 Å². The summed E-state index contributed by atoms with van der Waals surface area (Å²) < 4.78 is 19.5. The lowest BCUT2D eigenvalue weighted by molar-refractivity contribution is -0.139. The van der Waals surface area contributed by atoms with Gasteiger partial charge in [0.15, 0.2) is 16.3 Å². The summed E-state index contributed by atoms with van der Waals surface area (Å²) in [5, 5.41) is 10.1. The van der Waals surface area contributed by atoms with Crippen molar-refractivity contribution >= 4 is 68.6 Å². The lowest BCUT2D eigenvalue weighted by atomic mass is 9.95. The predicted molar refractivity (Wildman–Crippen MR) is 153 cm³/mol. The van der Waals surface area contributed by atoms with E-state index in [-0.39, 0.29) is 23.5 Å². The summed E-state index contributed by atoms with van der Waals surface area (Å²) in [6.07, 6.45) is 1.77. The van der Waals surface area contributed by atoms with E-state index >= 15 is 0 Å². The maximum absolute atomic E-state index is 13.7. The van der Waals surface area contributed by atoms with E-state index in [1.165, 1.54) is 23.0 Å². The Kier molecular flexibility index (Phi) is 8.09. The van der Waals surface area contributed by atoms with Crippen LogP contribution in [0.3, 0.4) is 0 Å². The molecule has 1 atom stereocenters. The van der Waals surface area contributed by atoms with Gasteiger partial charge in [0.05, 0.1) is 49.8 Å². The molecule has 0 fully saturated rings. The normalized spacial score (nSPS) is 15.4. The molecule has 2 aromatic carbocycles. The van der Waals surface area contributed by atoms with Gasteiger partial charge in [-0.3, -0.25) is 9.36 Å². The maximum atomic E-state index is 13.7. The second-order valence-corrected chi connectivity index (χ2v) is 11.1. The standard InChI is InChI=1S/C25H22I2N2O6S/c1-5-35-24(32)20-12(2)28-25-29(21(20)14-6-7-17(33-3)18(11-14)34-4)23(31)19(36-25)10-13-8-15(26)22(30)16(27)9-13/h6-11,21,30H,5H2,1-4H3/b19-10-/t21-/m0/s1. The van der Waals surface area contributed by atoms with E-state index in [1.54, 1.807) is 57.4 Å². The molecule has 1 aliphatic heterocycles. The van der Waals surface area contributed by atoms with Crippen LogP contribution < -0.4 is 24.4 Å². The molecule has 0 bridgehead atoms. The van der Waals surface area contributed by atoms with E-state index in [9.17, 15) is 14.7 Å². The number of aromatic nitrogens is 1. The number of thiazole rings is 1. The topological polar surface area (TPSA) is 99.4 Å². The summed E-state index contributed by atoms with van der Waals surface area (Å²) in [5.41, 5.74) is 1.92. The van der Waals surface area contributed by atoms with Crippen molar-refractivity contribution in [2.24, 2.45) is 4.99 Å². The molecule has 2 heterocycles. The highest BCUT2D eigenvalue weighted by Gasteiger charge is 2.34. The summed E-state index contributed by atoms with van der Waals surface area (Å²) in [7, 11) is 3.07. The zero-order chi connectivity index (χ0) is 26.1. The summed E-state index contributed by atoms with van der Waals surface area (Å²) in [6, 6.07) is 8.13. The zero-order valence-corrected chi connectivity index (χ0v) is 24.9. The molecule has 0 unspecified atom stereocenters. The number of ether oxygens (including phenoxy) is 3. The van der Waals surface area contributed by atoms with Crippen molar-refractivity contribution in [3.63, 3.8) is 0 Å². The molecule has 1 aromatic heterocycles. The molecule has 0 spiro atoms. The summed E-state index contributed by atoms with van der Waals surface area (Å²) in [6.45, 7) is 3.66. The van der Waals surface area contributed by atoms with Gasteiger partial charge in [-0.05, 0) is 100 Å². The number of nitrogens with zero attached hydrogens (tertiary/aromatic N) is 2. The monoisotopic (exact) mass is 732 g/mol. The Hall–Kier alpha value is -2.39. The second-order valence-electron chi connectivity index (χ2n) is 7.75. The Morgan fingerprint density at radius 2 is 1.83 bits per heavy atom. The smallest absolute Gasteiger partial charge is 0.338 e. The first-order valence-corrected chi connectivity index (χ1v) is 13.8. The minimum Gasteiger partial charge on any atom is -0.506 e.